The van der Waals surface area contributed by atoms with Crippen molar-refractivity contribution < 1.29 is 0 Å². The molecule has 2 rings (SSSR count). The third kappa shape index (κ3) is 6.53. The lowest BCUT2D eigenvalue weighted by Crippen LogP contribution is -2.39. The van der Waals surface area contributed by atoms with Crippen molar-refractivity contribution in [1.29, 1.82) is 0 Å². The van der Waals surface area contributed by atoms with Crippen LogP contribution < -0.4 is 5.32 Å². The summed E-state index contributed by atoms with van der Waals surface area (Å²) in [6, 6.07) is 8.29. The Balaban J connectivity index is 0.00000312. The molecule has 0 amide bonds. The smallest absolute Gasteiger partial charge is 0.193 e. The van der Waals surface area contributed by atoms with Crippen LogP contribution in [0.25, 0.3) is 5.69 Å². The number of allylic oxidation sites excluding steroid dienone is 1. The Hall–Kier alpha value is -1.83. The monoisotopic (exact) mass is 453 g/mol. The Morgan fingerprint density at radius 1 is 1.40 bits per heavy atom. The molecule has 2 aromatic rings. The van der Waals surface area contributed by atoms with Crippen LogP contribution in [-0.2, 0) is 6.54 Å². The van der Waals surface area contributed by atoms with Crippen LogP contribution in [0.4, 0.5) is 0 Å². The van der Waals surface area contributed by atoms with Crippen LogP contribution in [0.15, 0.2) is 60.6 Å². The molecule has 0 saturated heterocycles. The summed E-state index contributed by atoms with van der Waals surface area (Å²) in [5.74, 6) is 0.932. The number of nitrogens with zero attached hydrogens (tertiary/aromatic N) is 4. The van der Waals surface area contributed by atoms with Gasteiger partial charge in [0.05, 0.1) is 18.6 Å². The lowest BCUT2D eigenvalue weighted by molar-refractivity contribution is 0.470. The van der Waals surface area contributed by atoms with Gasteiger partial charge < -0.3 is 14.8 Å². The second-order valence-electron chi connectivity index (χ2n) is 5.62. The van der Waals surface area contributed by atoms with Gasteiger partial charge in [-0.2, -0.15) is 0 Å². The first-order valence-corrected chi connectivity index (χ1v) is 8.42. The van der Waals surface area contributed by atoms with E-state index in [4.69, 9.17) is 4.99 Å². The summed E-state index contributed by atoms with van der Waals surface area (Å²) in [5, 5.41) is 3.36. The molecule has 0 bridgehead atoms. The zero-order chi connectivity index (χ0) is 17.2. The largest absolute Gasteiger partial charge is 0.357 e. The summed E-state index contributed by atoms with van der Waals surface area (Å²) in [7, 11) is 2.08. The molecule has 5 nitrogen and oxygen atoms in total. The minimum absolute atomic E-state index is 0. The highest BCUT2D eigenvalue weighted by Gasteiger charge is 2.07. The Morgan fingerprint density at radius 2 is 2.20 bits per heavy atom. The molecular formula is C19H28IN5. The fourth-order valence-electron chi connectivity index (χ4n) is 2.51. The van der Waals surface area contributed by atoms with Crippen LogP contribution in [0.3, 0.4) is 0 Å². The van der Waals surface area contributed by atoms with Gasteiger partial charge in [0.2, 0.25) is 0 Å². The van der Waals surface area contributed by atoms with E-state index in [9.17, 15) is 0 Å². The third-order valence-electron chi connectivity index (χ3n) is 3.77. The van der Waals surface area contributed by atoms with Gasteiger partial charge in [-0.15, -0.1) is 30.6 Å². The number of benzene rings is 1. The van der Waals surface area contributed by atoms with Crippen LogP contribution in [0.1, 0.15) is 25.3 Å². The van der Waals surface area contributed by atoms with Crippen molar-refractivity contribution in [2.45, 2.75) is 26.3 Å². The van der Waals surface area contributed by atoms with Crippen LogP contribution in [-0.4, -0.2) is 40.5 Å². The number of rotatable bonds is 8. The maximum atomic E-state index is 4.80. The summed E-state index contributed by atoms with van der Waals surface area (Å²) in [6.45, 7) is 8.31. The molecular weight excluding hydrogens is 425 g/mol. The molecule has 1 aromatic heterocycles. The van der Waals surface area contributed by atoms with Gasteiger partial charge in [-0.05, 0) is 31.4 Å². The van der Waals surface area contributed by atoms with Gasteiger partial charge in [0.15, 0.2) is 5.96 Å². The van der Waals surface area contributed by atoms with Gasteiger partial charge in [0.1, 0.15) is 0 Å². The molecule has 136 valence electrons. The number of imidazole rings is 1. The van der Waals surface area contributed by atoms with Gasteiger partial charge >= 0.3 is 0 Å². The number of aromatic nitrogens is 2. The standard InChI is InChI=1S/C19H27N5.HI/c1-4-6-9-13-23(3)19(21-5-2)22-15-17-10-7-8-11-18(17)24-14-12-20-16-24;/h4,7-8,10-12,14,16H,1,5-6,9,13,15H2,2-3H3,(H,21,22);1H. The van der Waals surface area contributed by atoms with Gasteiger partial charge in [-0.25, -0.2) is 9.98 Å². The molecule has 0 aliphatic rings. The first-order valence-electron chi connectivity index (χ1n) is 8.42. The zero-order valence-electron chi connectivity index (χ0n) is 15.1. The number of aliphatic imine (C=N–C) groups is 1. The first-order chi connectivity index (χ1) is 11.8. The van der Waals surface area contributed by atoms with E-state index < -0.39 is 0 Å². The Morgan fingerprint density at radius 3 is 2.88 bits per heavy atom. The molecule has 0 spiro atoms. The average molecular weight is 453 g/mol. The second-order valence-corrected chi connectivity index (χ2v) is 5.62. The van der Waals surface area contributed by atoms with Crippen molar-refractivity contribution in [2.24, 2.45) is 4.99 Å². The van der Waals surface area contributed by atoms with Gasteiger partial charge in [-0.1, -0.05) is 24.3 Å². The predicted octanol–water partition coefficient (Wildman–Crippen LogP) is 3.85. The molecule has 0 unspecified atom stereocenters. The zero-order valence-corrected chi connectivity index (χ0v) is 17.4. The number of halogens is 1. The molecule has 1 N–H and O–H groups in total. The summed E-state index contributed by atoms with van der Waals surface area (Å²) >= 11 is 0. The average Bonchev–Trinajstić information content (AvgIpc) is 3.13. The second kappa shape index (κ2) is 11.7. The molecule has 0 fully saturated rings. The van der Waals surface area contributed by atoms with Crippen molar-refractivity contribution in [2.75, 3.05) is 20.1 Å². The van der Waals surface area contributed by atoms with Crippen molar-refractivity contribution in [3.05, 3.63) is 61.2 Å². The summed E-state index contributed by atoms with van der Waals surface area (Å²) < 4.78 is 2.02. The fraction of sp³-hybridized carbons (Fsp3) is 0.368. The maximum absolute atomic E-state index is 4.80. The predicted molar refractivity (Wildman–Crippen MR) is 116 cm³/mol. The number of nitrogens with one attached hydrogen (secondary N) is 1. The molecule has 0 aliphatic carbocycles. The fourth-order valence-corrected chi connectivity index (χ4v) is 2.51. The van der Waals surface area contributed by atoms with E-state index >= 15 is 0 Å². The molecule has 0 atom stereocenters. The molecule has 1 heterocycles. The van der Waals surface area contributed by atoms with Gasteiger partial charge in [0.25, 0.3) is 0 Å². The van der Waals surface area contributed by atoms with Crippen LogP contribution >= 0.6 is 24.0 Å². The van der Waals surface area contributed by atoms with Gasteiger partial charge in [0, 0.05) is 32.5 Å². The molecule has 0 saturated carbocycles. The molecule has 1 aromatic carbocycles. The Bertz CT molecular complexity index is 652. The van der Waals surface area contributed by atoms with Crippen molar-refractivity contribution in [3.8, 4) is 5.69 Å². The first kappa shape index (κ1) is 21.2. The molecule has 25 heavy (non-hydrogen) atoms. The highest BCUT2D eigenvalue weighted by Crippen LogP contribution is 2.15. The number of hydrogen-bond donors (Lipinski definition) is 1. The summed E-state index contributed by atoms with van der Waals surface area (Å²) in [4.78, 5) is 11.1. The number of guanidine groups is 1. The van der Waals surface area contributed by atoms with Crippen LogP contribution in [0.2, 0.25) is 0 Å². The number of para-hydroxylation sites is 1. The van der Waals surface area contributed by atoms with Crippen LogP contribution in [0.5, 0.6) is 0 Å². The van der Waals surface area contributed by atoms with E-state index in [1.54, 1.807) is 6.20 Å². The summed E-state index contributed by atoms with van der Waals surface area (Å²) in [5.41, 5.74) is 2.29. The van der Waals surface area contributed by atoms with Crippen LogP contribution in [0, 0.1) is 0 Å². The lowest BCUT2D eigenvalue weighted by Gasteiger charge is -2.22. The Labute approximate surface area is 167 Å². The van der Waals surface area contributed by atoms with E-state index in [0.29, 0.717) is 6.54 Å². The molecule has 6 heteroatoms. The molecule has 0 aliphatic heterocycles. The SMILES string of the molecule is C=CCCCN(C)C(=NCc1ccccc1-n1ccnc1)NCC.I. The van der Waals surface area contributed by atoms with E-state index in [0.717, 1.165) is 37.6 Å². The van der Waals surface area contributed by atoms with E-state index in [-0.39, 0.29) is 24.0 Å². The number of unbranched alkanes of at least 4 members (excludes halogenated alkanes) is 1. The Kier molecular flexibility index (Phi) is 9.91. The minimum atomic E-state index is 0. The topological polar surface area (TPSA) is 45.5 Å². The normalized spacial score (nSPS) is 10.9. The number of hydrogen-bond acceptors (Lipinski definition) is 2. The van der Waals surface area contributed by atoms with Crippen molar-refractivity contribution >= 4 is 29.9 Å². The minimum Gasteiger partial charge on any atom is -0.357 e. The summed E-state index contributed by atoms with van der Waals surface area (Å²) in [6.07, 6.45) is 9.62. The van der Waals surface area contributed by atoms with Crippen molar-refractivity contribution in [3.63, 3.8) is 0 Å². The third-order valence-corrected chi connectivity index (χ3v) is 3.77. The van der Waals surface area contributed by atoms with Crippen molar-refractivity contribution in [1.82, 2.24) is 19.8 Å². The van der Waals surface area contributed by atoms with Gasteiger partial charge in [-0.3, -0.25) is 0 Å². The van der Waals surface area contributed by atoms with E-state index in [1.165, 1.54) is 5.56 Å². The van der Waals surface area contributed by atoms with E-state index in [2.05, 4.69) is 47.9 Å². The van der Waals surface area contributed by atoms with E-state index in [1.807, 2.05) is 35.3 Å². The maximum Gasteiger partial charge on any atom is 0.193 e. The lowest BCUT2D eigenvalue weighted by atomic mass is 10.2. The highest BCUT2D eigenvalue weighted by atomic mass is 127. The highest BCUT2D eigenvalue weighted by molar-refractivity contribution is 14.0. The quantitative estimate of drug-likeness (QED) is 0.217. The molecule has 0 radical (unpaired) electrons.